The highest BCUT2D eigenvalue weighted by atomic mass is 32.2. The Labute approximate surface area is 102 Å². The third-order valence-electron chi connectivity index (χ3n) is 2.21. The molecule has 4 heteroatoms. The fraction of sp³-hybridized carbons (Fsp3) is 0.167. The van der Waals surface area contributed by atoms with Crippen molar-refractivity contribution in [3.8, 4) is 0 Å². The number of hydrogen-bond acceptors (Lipinski definition) is 3. The summed E-state index contributed by atoms with van der Waals surface area (Å²) in [7, 11) is 0. The van der Waals surface area contributed by atoms with E-state index in [1.165, 1.54) is 16.3 Å². The van der Waals surface area contributed by atoms with Gasteiger partial charge in [-0.15, -0.1) is 23.1 Å². The van der Waals surface area contributed by atoms with Crippen LogP contribution in [0.1, 0.15) is 10.8 Å². The highest BCUT2D eigenvalue weighted by molar-refractivity contribution is 8.01. The summed E-state index contributed by atoms with van der Waals surface area (Å²) in [4.78, 5) is 0. The fourth-order valence-electron chi connectivity index (χ4n) is 1.40. The molecular weight excluding hydrogens is 241 g/mol. The molecule has 84 valence electrons. The van der Waals surface area contributed by atoms with Gasteiger partial charge in [-0.1, -0.05) is 18.2 Å². The molecule has 0 aliphatic carbocycles. The second-order valence-corrected chi connectivity index (χ2v) is 5.78. The van der Waals surface area contributed by atoms with Crippen molar-refractivity contribution in [1.29, 1.82) is 0 Å². The van der Waals surface area contributed by atoms with Crippen LogP contribution in [0, 0.1) is 5.82 Å². The molecule has 0 radical (unpaired) electrons. The number of nitrogens with two attached hydrogens (primary N) is 1. The maximum atomic E-state index is 12.8. The van der Waals surface area contributed by atoms with E-state index < -0.39 is 0 Å². The lowest BCUT2D eigenvalue weighted by Gasteiger charge is -2.13. The van der Waals surface area contributed by atoms with Crippen LogP contribution < -0.4 is 5.73 Å². The van der Waals surface area contributed by atoms with E-state index in [0.717, 1.165) is 5.56 Å². The molecular formula is C12H12FNS2. The summed E-state index contributed by atoms with van der Waals surface area (Å²) in [6, 6.07) is 10.6. The maximum Gasteiger partial charge on any atom is 0.123 e. The number of thiophene rings is 1. The molecule has 16 heavy (non-hydrogen) atoms. The Morgan fingerprint density at radius 1 is 1.25 bits per heavy atom. The molecule has 1 heterocycles. The summed E-state index contributed by atoms with van der Waals surface area (Å²) in [5, 5.41) is 2.24. The number of hydrogen-bond donors (Lipinski definition) is 1. The minimum absolute atomic E-state index is 0.194. The Morgan fingerprint density at radius 3 is 2.56 bits per heavy atom. The summed E-state index contributed by atoms with van der Waals surface area (Å²) < 4.78 is 14.0. The summed E-state index contributed by atoms with van der Waals surface area (Å²) in [6.07, 6.45) is 0. The number of benzene rings is 1. The van der Waals surface area contributed by atoms with Crippen LogP contribution in [0.3, 0.4) is 0 Å². The normalized spacial score (nSPS) is 12.6. The molecule has 0 fully saturated rings. The quantitative estimate of drug-likeness (QED) is 0.841. The largest absolute Gasteiger partial charge is 0.329 e. The first-order valence-corrected chi connectivity index (χ1v) is 6.71. The third kappa shape index (κ3) is 2.84. The predicted octanol–water partition coefficient (Wildman–Crippen LogP) is 3.68. The number of rotatable bonds is 4. The maximum absolute atomic E-state index is 12.8. The van der Waals surface area contributed by atoms with E-state index >= 15 is 0 Å². The lowest BCUT2D eigenvalue weighted by molar-refractivity contribution is 0.627. The Balaban J connectivity index is 2.13. The average Bonchev–Trinajstić information content (AvgIpc) is 2.80. The Bertz CT molecular complexity index is 425. The van der Waals surface area contributed by atoms with Crippen molar-refractivity contribution in [1.82, 2.24) is 0 Å². The van der Waals surface area contributed by atoms with Crippen molar-refractivity contribution < 1.29 is 4.39 Å². The van der Waals surface area contributed by atoms with Crippen molar-refractivity contribution in [3.05, 3.63) is 53.2 Å². The van der Waals surface area contributed by atoms with E-state index in [9.17, 15) is 4.39 Å². The highest BCUT2D eigenvalue weighted by Crippen LogP contribution is 2.36. The van der Waals surface area contributed by atoms with Gasteiger partial charge in [0, 0.05) is 11.8 Å². The Morgan fingerprint density at radius 2 is 2.00 bits per heavy atom. The molecule has 0 aliphatic heterocycles. The summed E-state index contributed by atoms with van der Waals surface area (Å²) >= 11 is 3.42. The van der Waals surface area contributed by atoms with Gasteiger partial charge in [-0.2, -0.15) is 0 Å². The van der Waals surface area contributed by atoms with Crippen LogP contribution >= 0.6 is 23.1 Å². The summed E-state index contributed by atoms with van der Waals surface area (Å²) in [5.74, 6) is -0.208. The highest BCUT2D eigenvalue weighted by Gasteiger charge is 2.11. The van der Waals surface area contributed by atoms with Gasteiger partial charge in [-0.25, -0.2) is 4.39 Å². The van der Waals surface area contributed by atoms with Crippen molar-refractivity contribution >= 4 is 23.1 Å². The third-order valence-corrected chi connectivity index (χ3v) is 4.57. The van der Waals surface area contributed by atoms with E-state index in [1.807, 2.05) is 11.4 Å². The average molecular weight is 253 g/mol. The van der Waals surface area contributed by atoms with E-state index in [4.69, 9.17) is 5.73 Å². The van der Waals surface area contributed by atoms with Crippen molar-refractivity contribution in [3.63, 3.8) is 0 Å². The fourth-order valence-corrected chi connectivity index (χ4v) is 3.41. The Hall–Kier alpha value is -0.840. The second kappa shape index (κ2) is 5.48. The van der Waals surface area contributed by atoms with Gasteiger partial charge in [0.05, 0.1) is 4.21 Å². The second-order valence-electron chi connectivity index (χ2n) is 3.33. The van der Waals surface area contributed by atoms with E-state index in [0.29, 0.717) is 6.54 Å². The van der Waals surface area contributed by atoms with E-state index in [1.54, 1.807) is 35.2 Å². The van der Waals surface area contributed by atoms with Gasteiger partial charge in [0.25, 0.3) is 0 Å². The van der Waals surface area contributed by atoms with Crippen LogP contribution in [0.5, 0.6) is 0 Å². The molecule has 1 nitrogen and oxygen atoms in total. The zero-order valence-corrected chi connectivity index (χ0v) is 10.2. The van der Waals surface area contributed by atoms with Crippen LogP contribution in [0.25, 0.3) is 0 Å². The van der Waals surface area contributed by atoms with Gasteiger partial charge >= 0.3 is 0 Å². The zero-order valence-electron chi connectivity index (χ0n) is 8.60. The van der Waals surface area contributed by atoms with Crippen molar-refractivity contribution in [2.45, 2.75) is 9.46 Å². The van der Waals surface area contributed by atoms with Crippen LogP contribution in [0.15, 0.2) is 46.0 Å². The van der Waals surface area contributed by atoms with Gasteiger partial charge in [0.2, 0.25) is 0 Å². The molecule has 2 rings (SSSR count). The lowest BCUT2D eigenvalue weighted by Crippen LogP contribution is -2.08. The molecule has 0 amide bonds. The van der Waals surface area contributed by atoms with Gasteiger partial charge in [-0.05, 0) is 29.1 Å². The van der Waals surface area contributed by atoms with Crippen molar-refractivity contribution in [2.24, 2.45) is 5.73 Å². The first-order chi connectivity index (χ1) is 7.79. The van der Waals surface area contributed by atoms with Crippen LogP contribution in [-0.2, 0) is 0 Å². The minimum atomic E-state index is -0.208. The van der Waals surface area contributed by atoms with Crippen molar-refractivity contribution in [2.75, 3.05) is 6.54 Å². The monoisotopic (exact) mass is 253 g/mol. The molecule has 0 saturated carbocycles. The molecule has 0 spiro atoms. The standard InChI is InChI=1S/C12H12FNS2/c13-10-5-3-9(4-6-10)11(8-14)16-12-2-1-7-15-12/h1-7,11H,8,14H2. The first kappa shape index (κ1) is 11.6. The zero-order chi connectivity index (χ0) is 11.4. The smallest absolute Gasteiger partial charge is 0.123 e. The van der Waals surface area contributed by atoms with Gasteiger partial charge in [0.1, 0.15) is 5.82 Å². The Kier molecular flexibility index (Phi) is 3.98. The molecule has 1 atom stereocenters. The molecule has 1 aromatic heterocycles. The molecule has 1 unspecified atom stereocenters. The SMILES string of the molecule is NCC(Sc1cccs1)c1ccc(F)cc1. The number of thioether (sulfide) groups is 1. The number of halogens is 1. The molecule has 2 aromatic rings. The molecule has 0 saturated heterocycles. The lowest BCUT2D eigenvalue weighted by atomic mass is 10.1. The van der Waals surface area contributed by atoms with Crippen LogP contribution in [0.4, 0.5) is 4.39 Å². The molecule has 0 bridgehead atoms. The minimum Gasteiger partial charge on any atom is -0.329 e. The van der Waals surface area contributed by atoms with Gasteiger partial charge < -0.3 is 5.73 Å². The summed E-state index contributed by atoms with van der Waals surface area (Å²) in [5.41, 5.74) is 6.82. The van der Waals surface area contributed by atoms with Gasteiger partial charge in [-0.3, -0.25) is 0 Å². The topological polar surface area (TPSA) is 26.0 Å². The predicted molar refractivity (Wildman–Crippen MR) is 68.4 cm³/mol. The van der Waals surface area contributed by atoms with E-state index in [-0.39, 0.29) is 11.1 Å². The van der Waals surface area contributed by atoms with E-state index in [2.05, 4.69) is 6.07 Å². The summed E-state index contributed by atoms with van der Waals surface area (Å²) in [6.45, 7) is 0.550. The first-order valence-electron chi connectivity index (χ1n) is 4.95. The molecule has 0 aliphatic rings. The molecule has 2 N–H and O–H groups in total. The van der Waals surface area contributed by atoms with Gasteiger partial charge in [0.15, 0.2) is 0 Å². The van der Waals surface area contributed by atoms with Crippen LogP contribution in [-0.4, -0.2) is 6.54 Å². The van der Waals surface area contributed by atoms with Crippen LogP contribution in [0.2, 0.25) is 0 Å². The molecule has 1 aromatic carbocycles.